The minimum Gasteiger partial charge on any atom is -0.312 e. The highest BCUT2D eigenvalue weighted by Crippen LogP contribution is 2.28. The van der Waals surface area contributed by atoms with Gasteiger partial charge in [-0.1, -0.05) is 101 Å². The molecule has 0 spiro atoms. The van der Waals surface area contributed by atoms with Crippen LogP contribution in [-0.2, 0) is 0 Å². The maximum atomic E-state index is 2.35. The van der Waals surface area contributed by atoms with Gasteiger partial charge in [-0.25, -0.2) is 0 Å². The van der Waals surface area contributed by atoms with E-state index in [1.165, 1.54) is 32.1 Å². The minimum atomic E-state index is 0.625. The van der Waals surface area contributed by atoms with Gasteiger partial charge >= 0.3 is 0 Å². The first-order valence-electron chi connectivity index (χ1n) is 9.56. The van der Waals surface area contributed by atoms with Crippen molar-refractivity contribution in [3.63, 3.8) is 0 Å². The van der Waals surface area contributed by atoms with Crippen LogP contribution in [0.5, 0.6) is 0 Å². The largest absolute Gasteiger partial charge is 0.312 e. The molecule has 0 aliphatic rings. The van der Waals surface area contributed by atoms with Crippen LogP contribution in [0.3, 0.4) is 0 Å². The number of rotatable bonds is 5. The standard InChI is InChI=1S/C8H18.C6H14.C4H10.C3H9N/c1-5-8(4,6-2)7-3;1-4-6(3)5-2;2*1-4(2)3/h5-7H2,1-4H3;6H,4-5H2,1-3H3;4H,1-3H3;1-3H3. The number of hydrogen-bond donors (Lipinski definition) is 0. The third-order valence-corrected chi connectivity index (χ3v) is 3.95. The molecule has 0 aromatic carbocycles. The molecule has 0 aliphatic carbocycles. The number of hydrogen-bond acceptors (Lipinski definition) is 1. The summed E-state index contributed by atoms with van der Waals surface area (Å²) < 4.78 is 0. The lowest BCUT2D eigenvalue weighted by atomic mass is 9.82. The molecule has 0 amide bonds. The third-order valence-electron chi connectivity index (χ3n) is 3.95. The molecule has 0 fully saturated rings. The Labute approximate surface area is 145 Å². The van der Waals surface area contributed by atoms with E-state index in [1.807, 2.05) is 26.0 Å². The van der Waals surface area contributed by atoms with Gasteiger partial charge in [0.2, 0.25) is 0 Å². The van der Waals surface area contributed by atoms with Crippen LogP contribution in [0.1, 0.15) is 101 Å². The van der Waals surface area contributed by atoms with Crippen molar-refractivity contribution in [3.05, 3.63) is 0 Å². The zero-order valence-electron chi connectivity index (χ0n) is 18.6. The maximum Gasteiger partial charge on any atom is -0.0140 e. The molecule has 22 heavy (non-hydrogen) atoms. The SMILES string of the molecule is CC(C)C.CCC(C)(CC)CC.CCC(C)CC.CN(C)C. The summed E-state index contributed by atoms with van der Waals surface area (Å²) in [6.45, 7) is 22.4. The van der Waals surface area contributed by atoms with E-state index < -0.39 is 0 Å². The Hall–Kier alpha value is -0.0400. The fourth-order valence-corrected chi connectivity index (χ4v) is 1.04. The van der Waals surface area contributed by atoms with Crippen LogP contribution in [0, 0.1) is 17.3 Å². The summed E-state index contributed by atoms with van der Waals surface area (Å²) in [5.41, 5.74) is 0.625. The average Bonchev–Trinajstić information content (AvgIpc) is 2.45. The maximum absolute atomic E-state index is 2.35. The van der Waals surface area contributed by atoms with Crippen LogP contribution in [-0.4, -0.2) is 26.0 Å². The van der Waals surface area contributed by atoms with Crippen molar-refractivity contribution in [2.24, 2.45) is 17.3 Å². The van der Waals surface area contributed by atoms with E-state index in [9.17, 15) is 0 Å². The van der Waals surface area contributed by atoms with E-state index in [4.69, 9.17) is 0 Å². The Bertz CT molecular complexity index is 145. The van der Waals surface area contributed by atoms with Crippen LogP contribution in [0.4, 0.5) is 0 Å². The van der Waals surface area contributed by atoms with Gasteiger partial charge in [0, 0.05) is 0 Å². The first-order chi connectivity index (χ1) is 9.95. The molecule has 0 aromatic rings. The van der Waals surface area contributed by atoms with Crippen molar-refractivity contribution in [3.8, 4) is 0 Å². The molecule has 1 nitrogen and oxygen atoms in total. The Balaban J connectivity index is -0.000000103. The first-order valence-corrected chi connectivity index (χ1v) is 9.56. The van der Waals surface area contributed by atoms with Gasteiger partial charge in [0.25, 0.3) is 0 Å². The van der Waals surface area contributed by atoms with E-state index in [-0.39, 0.29) is 0 Å². The lowest BCUT2D eigenvalue weighted by Crippen LogP contribution is -2.10. The summed E-state index contributed by atoms with van der Waals surface area (Å²) in [4.78, 5) is 2.00. The van der Waals surface area contributed by atoms with Crippen molar-refractivity contribution in [1.29, 1.82) is 0 Å². The van der Waals surface area contributed by atoms with Crippen LogP contribution in [0.2, 0.25) is 0 Å². The summed E-state index contributed by atoms with van der Waals surface area (Å²) in [6, 6.07) is 0. The Morgan fingerprint density at radius 1 is 0.682 bits per heavy atom. The van der Waals surface area contributed by atoms with Crippen LogP contribution >= 0.6 is 0 Å². The molecular weight excluding hydrogens is 266 g/mol. The highest BCUT2D eigenvalue weighted by Gasteiger charge is 2.15. The van der Waals surface area contributed by atoms with Crippen molar-refractivity contribution in [1.82, 2.24) is 4.90 Å². The summed E-state index contributed by atoms with van der Waals surface area (Å²) in [5.74, 6) is 1.77. The second-order valence-corrected chi connectivity index (χ2v) is 7.87. The Kier molecular flexibility index (Phi) is 28.5. The highest BCUT2D eigenvalue weighted by atomic mass is 15.0. The quantitative estimate of drug-likeness (QED) is 0.507. The van der Waals surface area contributed by atoms with Gasteiger partial charge in [0.05, 0.1) is 0 Å². The summed E-state index contributed by atoms with van der Waals surface area (Å²) >= 11 is 0. The molecule has 0 rings (SSSR count). The van der Waals surface area contributed by atoms with Gasteiger partial charge in [0.15, 0.2) is 0 Å². The van der Waals surface area contributed by atoms with Gasteiger partial charge in [-0.2, -0.15) is 0 Å². The Morgan fingerprint density at radius 2 is 0.864 bits per heavy atom. The van der Waals surface area contributed by atoms with Gasteiger partial charge < -0.3 is 4.90 Å². The molecule has 0 saturated heterocycles. The van der Waals surface area contributed by atoms with E-state index in [0.29, 0.717) is 5.41 Å². The molecule has 140 valence electrons. The summed E-state index contributed by atoms with van der Waals surface area (Å²) in [6.07, 6.45) is 6.62. The second-order valence-electron chi connectivity index (χ2n) is 7.87. The zero-order valence-corrected chi connectivity index (χ0v) is 18.6. The fraction of sp³-hybridized carbons (Fsp3) is 1.00. The zero-order chi connectivity index (χ0) is 18.8. The lowest BCUT2D eigenvalue weighted by Gasteiger charge is -2.23. The second kappa shape index (κ2) is 21.0. The van der Waals surface area contributed by atoms with Gasteiger partial charge in [0.1, 0.15) is 0 Å². The predicted octanol–water partition coefficient (Wildman–Crippen LogP) is 7.51. The van der Waals surface area contributed by atoms with Gasteiger partial charge in [-0.3, -0.25) is 0 Å². The fourth-order valence-electron chi connectivity index (χ4n) is 1.04. The topological polar surface area (TPSA) is 3.24 Å². The van der Waals surface area contributed by atoms with E-state index in [0.717, 1.165) is 11.8 Å². The van der Waals surface area contributed by atoms with E-state index >= 15 is 0 Å². The lowest BCUT2D eigenvalue weighted by molar-refractivity contribution is 0.286. The molecule has 0 aromatic heterocycles. The molecule has 0 saturated carbocycles. The van der Waals surface area contributed by atoms with Crippen molar-refractivity contribution < 1.29 is 0 Å². The van der Waals surface area contributed by atoms with Gasteiger partial charge in [-0.05, 0) is 38.4 Å². The molecule has 0 radical (unpaired) electrons. The number of nitrogens with zero attached hydrogens (tertiary/aromatic N) is 1. The molecule has 0 aliphatic heterocycles. The summed E-state index contributed by atoms with van der Waals surface area (Å²) in [7, 11) is 6.00. The van der Waals surface area contributed by atoms with Crippen LogP contribution < -0.4 is 0 Å². The van der Waals surface area contributed by atoms with Crippen LogP contribution in [0.25, 0.3) is 0 Å². The third kappa shape index (κ3) is 42.7. The van der Waals surface area contributed by atoms with Crippen molar-refractivity contribution in [2.75, 3.05) is 21.1 Å². The molecule has 0 heterocycles. The molecule has 0 unspecified atom stereocenters. The molecular formula is C21H51N. The minimum absolute atomic E-state index is 0.625. The molecule has 1 heteroatoms. The monoisotopic (exact) mass is 317 g/mol. The smallest absolute Gasteiger partial charge is 0.0140 e. The van der Waals surface area contributed by atoms with Crippen molar-refractivity contribution >= 4 is 0 Å². The van der Waals surface area contributed by atoms with Crippen LogP contribution in [0.15, 0.2) is 0 Å². The summed E-state index contributed by atoms with van der Waals surface area (Å²) in [5, 5.41) is 0. The normalized spacial score (nSPS) is 10.4. The molecule has 0 bridgehead atoms. The van der Waals surface area contributed by atoms with Gasteiger partial charge in [-0.15, -0.1) is 0 Å². The highest BCUT2D eigenvalue weighted by molar-refractivity contribution is 4.67. The van der Waals surface area contributed by atoms with E-state index in [2.05, 4.69) is 69.2 Å². The molecule has 0 N–H and O–H groups in total. The predicted molar refractivity (Wildman–Crippen MR) is 109 cm³/mol. The van der Waals surface area contributed by atoms with Crippen molar-refractivity contribution in [2.45, 2.75) is 101 Å². The van der Waals surface area contributed by atoms with E-state index in [1.54, 1.807) is 0 Å². The molecule has 0 atom stereocenters. The first kappa shape index (κ1) is 29.9. The average molecular weight is 318 g/mol. The Morgan fingerprint density at radius 3 is 0.864 bits per heavy atom.